The van der Waals surface area contributed by atoms with Crippen LogP contribution in [0.4, 0.5) is 29.3 Å². The van der Waals surface area contributed by atoms with Crippen molar-refractivity contribution in [3.8, 4) is 0 Å². The predicted molar refractivity (Wildman–Crippen MR) is 105 cm³/mol. The number of hydrogen-bond donors (Lipinski definition) is 1. The van der Waals surface area contributed by atoms with Gasteiger partial charge in [-0.3, -0.25) is 5.32 Å². The summed E-state index contributed by atoms with van der Waals surface area (Å²) in [6, 6.07) is 11.8. The number of anilines is 2. The maximum Gasteiger partial charge on any atom is 0.418 e. The molecule has 0 saturated heterocycles. The normalized spacial score (nSPS) is 11.4. The van der Waals surface area contributed by atoms with E-state index in [1.807, 2.05) is 24.3 Å². The van der Waals surface area contributed by atoms with Crippen molar-refractivity contribution in [3.05, 3.63) is 59.2 Å². The summed E-state index contributed by atoms with van der Waals surface area (Å²) in [6.45, 7) is 6.32. The average Bonchev–Trinajstić information content (AvgIpc) is 2.61. The summed E-state index contributed by atoms with van der Waals surface area (Å²) in [6.07, 6.45) is -5.52. The van der Waals surface area contributed by atoms with E-state index >= 15 is 0 Å². The molecule has 7 heteroatoms. The number of alkyl halides is 3. The van der Waals surface area contributed by atoms with Crippen LogP contribution < -0.4 is 10.2 Å². The van der Waals surface area contributed by atoms with Gasteiger partial charge in [0, 0.05) is 19.3 Å². The lowest BCUT2D eigenvalue weighted by atomic mass is 10.0. The van der Waals surface area contributed by atoms with Gasteiger partial charge in [-0.2, -0.15) is 13.2 Å². The molecule has 2 aromatic carbocycles. The molecule has 0 radical (unpaired) electrons. The highest BCUT2D eigenvalue weighted by Crippen LogP contribution is 2.37. The van der Waals surface area contributed by atoms with Crippen LogP contribution in [-0.2, 0) is 17.5 Å². The molecule has 0 aliphatic rings. The molecule has 0 unspecified atom stereocenters. The Bertz CT molecular complexity index is 802. The number of carbonyl (C=O) groups is 1. The zero-order chi connectivity index (χ0) is 20.9. The van der Waals surface area contributed by atoms with Crippen LogP contribution in [0.15, 0.2) is 42.5 Å². The summed E-state index contributed by atoms with van der Waals surface area (Å²) >= 11 is 0. The van der Waals surface area contributed by atoms with E-state index in [4.69, 9.17) is 0 Å². The number of amides is 1. The van der Waals surface area contributed by atoms with E-state index in [0.717, 1.165) is 11.6 Å². The number of carbonyl (C=O) groups excluding carboxylic acids is 1. The van der Waals surface area contributed by atoms with Crippen molar-refractivity contribution in [2.75, 3.05) is 23.9 Å². The largest absolute Gasteiger partial charge is 0.450 e. The Kier molecular flexibility index (Phi) is 6.94. The minimum atomic E-state index is -4.61. The fourth-order valence-corrected chi connectivity index (χ4v) is 2.76. The van der Waals surface area contributed by atoms with Gasteiger partial charge < -0.3 is 9.64 Å². The van der Waals surface area contributed by atoms with Crippen molar-refractivity contribution >= 4 is 17.5 Å². The van der Waals surface area contributed by atoms with Crippen molar-refractivity contribution in [2.45, 2.75) is 39.4 Å². The number of hydrogen-bond acceptors (Lipinski definition) is 3. The third-order valence-corrected chi connectivity index (χ3v) is 4.33. The first kappa shape index (κ1) is 21.6. The highest BCUT2D eigenvalue weighted by molar-refractivity contribution is 5.86. The van der Waals surface area contributed by atoms with Gasteiger partial charge in [-0.25, -0.2) is 4.79 Å². The van der Waals surface area contributed by atoms with Gasteiger partial charge in [0.15, 0.2) is 0 Å². The van der Waals surface area contributed by atoms with E-state index in [2.05, 4.69) is 23.9 Å². The van der Waals surface area contributed by atoms with Crippen LogP contribution >= 0.6 is 0 Å². The third kappa shape index (κ3) is 5.65. The van der Waals surface area contributed by atoms with Crippen LogP contribution in [-0.4, -0.2) is 19.7 Å². The second-order valence-electron chi connectivity index (χ2n) is 6.83. The molecule has 2 rings (SSSR count). The van der Waals surface area contributed by atoms with Crippen LogP contribution in [0, 0.1) is 0 Å². The number of nitrogens with zero attached hydrogens (tertiary/aromatic N) is 1. The second kappa shape index (κ2) is 8.99. The minimum Gasteiger partial charge on any atom is -0.450 e. The molecule has 0 bridgehead atoms. The molecule has 4 nitrogen and oxygen atoms in total. The van der Waals surface area contributed by atoms with Crippen molar-refractivity contribution < 1.29 is 22.7 Å². The Morgan fingerprint density at radius 2 is 1.79 bits per heavy atom. The monoisotopic (exact) mass is 394 g/mol. The molecular formula is C21H25F3N2O2. The van der Waals surface area contributed by atoms with Crippen LogP contribution in [0.1, 0.15) is 43.4 Å². The van der Waals surface area contributed by atoms with Gasteiger partial charge in [0.05, 0.1) is 17.9 Å². The highest BCUT2D eigenvalue weighted by Gasteiger charge is 2.34. The summed E-state index contributed by atoms with van der Waals surface area (Å²) in [5.74, 6) is 0.417. The standard InChI is InChI=1S/C21H25F3N2O2/c1-5-28-20(27)25-19-11-10-17(12-18(19)21(22,23)24)26(4)13-15-6-8-16(9-7-15)14(2)3/h6-12,14H,5,13H2,1-4H3,(H,25,27). The third-order valence-electron chi connectivity index (χ3n) is 4.33. The number of ether oxygens (including phenoxy) is 1. The zero-order valence-electron chi connectivity index (χ0n) is 16.4. The van der Waals surface area contributed by atoms with Crippen LogP contribution in [0.3, 0.4) is 0 Å². The smallest absolute Gasteiger partial charge is 0.418 e. The Labute approximate surface area is 163 Å². The maximum absolute atomic E-state index is 13.5. The fourth-order valence-electron chi connectivity index (χ4n) is 2.76. The fraction of sp³-hybridized carbons (Fsp3) is 0.381. The molecule has 152 valence electrons. The summed E-state index contributed by atoms with van der Waals surface area (Å²) in [4.78, 5) is 13.2. The lowest BCUT2D eigenvalue weighted by molar-refractivity contribution is -0.136. The molecule has 2 aromatic rings. The van der Waals surface area contributed by atoms with Crippen LogP contribution in [0.2, 0.25) is 0 Å². The molecule has 0 fully saturated rings. The Morgan fingerprint density at radius 3 is 2.32 bits per heavy atom. The predicted octanol–water partition coefficient (Wildman–Crippen LogP) is 6.03. The van der Waals surface area contributed by atoms with E-state index in [0.29, 0.717) is 18.2 Å². The number of benzene rings is 2. The number of halogens is 3. The van der Waals surface area contributed by atoms with Gasteiger partial charge in [-0.15, -0.1) is 0 Å². The summed E-state index contributed by atoms with van der Waals surface area (Å²) in [5.41, 5.74) is 1.36. The van der Waals surface area contributed by atoms with Gasteiger partial charge in [0.25, 0.3) is 0 Å². The first-order chi connectivity index (χ1) is 13.1. The van der Waals surface area contributed by atoms with E-state index in [-0.39, 0.29) is 12.3 Å². The number of nitrogens with one attached hydrogen (secondary N) is 1. The van der Waals surface area contributed by atoms with Gasteiger partial charge in [0.2, 0.25) is 0 Å². The van der Waals surface area contributed by atoms with Gasteiger partial charge in [-0.05, 0) is 42.2 Å². The highest BCUT2D eigenvalue weighted by atomic mass is 19.4. The first-order valence-electron chi connectivity index (χ1n) is 9.06. The summed E-state index contributed by atoms with van der Waals surface area (Å²) in [5, 5.41) is 2.15. The summed E-state index contributed by atoms with van der Waals surface area (Å²) in [7, 11) is 1.73. The Hall–Kier alpha value is -2.70. The SMILES string of the molecule is CCOC(=O)Nc1ccc(N(C)Cc2ccc(C(C)C)cc2)cc1C(F)(F)F. The maximum atomic E-state index is 13.5. The second-order valence-corrected chi connectivity index (χ2v) is 6.83. The molecule has 0 saturated carbocycles. The average molecular weight is 394 g/mol. The van der Waals surface area contributed by atoms with E-state index in [1.54, 1.807) is 24.9 Å². The molecule has 0 aromatic heterocycles. The van der Waals surface area contributed by atoms with Crippen molar-refractivity contribution in [2.24, 2.45) is 0 Å². The van der Waals surface area contributed by atoms with E-state index < -0.39 is 17.8 Å². The topological polar surface area (TPSA) is 41.6 Å². The van der Waals surface area contributed by atoms with E-state index in [1.165, 1.54) is 11.6 Å². The molecule has 0 spiro atoms. The number of rotatable bonds is 6. The van der Waals surface area contributed by atoms with E-state index in [9.17, 15) is 18.0 Å². The Morgan fingerprint density at radius 1 is 1.14 bits per heavy atom. The molecule has 0 aliphatic heterocycles. The molecule has 0 heterocycles. The molecule has 1 N–H and O–H groups in total. The lowest BCUT2D eigenvalue weighted by Crippen LogP contribution is -2.20. The Balaban J connectivity index is 2.23. The van der Waals surface area contributed by atoms with Crippen molar-refractivity contribution in [1.82, 2.24) is 0 Å². The minimum absolute atomic E-state index is 0.0730. The molecule has 1 amide bonds. The van der Waals surface area contributed by atoms with Crippen LogP contribution in [0.5, 0.6) is 0 Å². The van der Waals surface area contributed by atoms with Gasteiger partial charge in [-0.1, -0.05) is 38.1 Å². The van der Waals surface area contributed by atoms with Gasteiger partial charge >= 0.3 is 12.3 Å². The van der Waals surface area contributed by atoms with Crippen molar-refractivity contribution in [1.29, 1.82) is 0 Å². The quantitative estimate of drug-likeness (QED) is 0.650. The summed E-state index contributed by atoms with van der Waals surface area (Å²) < 4.78 is 45.1. The molecule has 28 heavy (non-hydrogen) atoms. The lowest BCUT2D eigenvalue weighted by Gasteiger charge is -2.22. The first-order valence-corrected chi connectivity index (χ1v) is 9.06. The van der Waals surface area contributed by atoms with Gasteiger partial charge in [0.1, 0.15) is 0 Å². The molecular weight excluding hydrogens is 369 g/mol. The zero-order valence-corrected chi connectivity index (χ0v) is 16.4. The van der Waals surface area contributed by atoms with Crippen LogP contribution in [0.25, 0.3) is 0 Å². The molecule has 0 aliphatic carbocycles. The van der Waals surface area contributed by atoms with Crippen molar-refractivity contribution in [3.63, 3.8) is 0 Å². The molecule has 0 atom stereocenters.